The number of H-pyrrole nitrogens is 4. The van der Waals surface area contributed by atoms with Crippen LogP contribution in [0.5, 0.6) is 5.75 Å². The van der Waals surface area contributed by atoms with E-state index in [4.69, 9.17) is 34.8 Å². The summed E-state index contributed by atoms with van der Waals surface area (Å²) in [6.45, 7) is 1.95. The first kappa shape index (κ1) is 38.5. The molecular formula is C47H39N19O. The standard InChI is InChI=1S/C47H39N19O/c1-25-20-65(23-52-25)39-18-49-15-37-44(39)59-47(57-37)43-32-11-34(27-13-54-64(2)21-27)55-35(41(32)61-63-43)9-28-22-66(24-53-28)40-19-50-16-38-45(40)58-46(56-38)42-31-10-33(51-17-36(31)60-62-42)26-8-30(14-48-12-26)67-29-6-4-3-5-7-29/h8,10-24,29H,3-7,9H2,1-2H3,(H,56,58)(H,57,59)(H,60,62)(H,61,63). The van der Waals surface area contributed by atoms with E-state index < -0.39 is 0 Å². The van der Waals surface area contributed by atoms with Crippen LogP contribution in [0.2, 0.25) is 0 Å². The van der Waals surface area contributed by atoms with E-state index in [0.29, 0.717) is 40.5 Å². The zero-order valence-electron chi connectivity index (χ0n) is 36.2. The van der Waals surface area contributed by atoms with Gasteiger partial charge in [0.2, 0.25) is 0 Å². The van der Waals surface area contributed by atoms with Crippen LogP contribution in [0.3, 0.4) is 0 Å². The summed E-state index contributed by atoms with van der Waals surface area (Å²) in [6, 6.07) is 6.04. The normalized spacial score (nSPS) is 13.5. The number of pyridine rings is 5. The Bertz CT molecular complexity index is 3820. The maximum absolute atomic E-state index is 6.32. The highest BCUT2D eigenvalue weighted by Crippen LogP contribution is 2.35. The summed E-state index contributed by atoms with van der Waals surface area (Å²) in [5.74, 6) is 1.95. The molecule has 1 aliphatic carbocycles. The van der Waals surface area contributed by atoms with Crippen molar-refractivity contribution < 1.29 is 4.74 Å². The molecule has 0 unspecified atom stereocenters. The zero-order valence-corrected chi connectivity index (χ0v) is 36.2. The van der Waals surface area contributed by atoms with E-state index in [1.807, 2.05) is 66.1 Å². The van der Waals surface area contributed by atoms with Crippen LogP contribution in [0.4, 0.5) is 0 Å². The van der Waals surface area contributed by atoms with Gasteiger partial charge in [-0.25, -0.2) is 24.9 Å². The maximum atomic E-state index is 6.32. The number of aryl methyl sites for hydroxylation is 2. The van der Waals surface area contributed by atoms with Crippen LogP contribution in [0.1, 0.15) is 49.2 Å². The van der Waals surface area contributed by atoms with Crippen LogP contribution in [-0.4, -0.2) is 100 Å². The molecule has 4 N–H and O–H groups in total. The Morgan fingerprint density at radius 3 is 2.19 bits per heavy atom. The van der Waals surface area contributed by atoms with Crippen LogP contribution in [0, 0.1) is 6.92 Å². The Balaban J connectivity index is 0.825. The molecule has 0 amide bonds. The lowest BCUT2D eigenvalue weighted by Crippen LogP contribution is -2.19. The van der Waals surface area contributed by atoms with Crippen molar-refractivity contribution >= 4 is 43.9 Å². The molecule has 0 aromatic carbocycles. The van der Waals surface area contributed by atoms with Crippen molar-refractivity contribution in [3.05, 3.63) is 116 Å². The van der Waals surface area contributed by atoms with Crippen molar-refractivity contribution in [2.45, 2.75) is 51.6 Å². The summed E-state index contributed by atoms with van der Waals surface area (Å²) >= 11 is 0. The van der Waals surface area contributed by atoms with Gasteiger partial charge in [-0.1, -0.05) is 6.42 Å². The highest BCUT2D eigenvalue weighted by Gasteiger charge is 2.22. The summed E-state index contributed by atoms with van der Waals surface area (Å²) in [5, 5.41) is 22.0. The minimum atomic E-state index is 0.221. The zero-order chi connectivity index (χ0) is 44.6. The smallest absolute Gasteiger partial charge is 0.159 e. The Kier molecular flexibility index (Phi) is 8.83. The van der Waals surface area contributed by atoms with E-state index in [1.54, 1.807) is 60.7 Å². The van der Waals surface area contributed by atoms with Gasteiger partial charge in [0.15, 0.2) is 11.6 Å². The quantitative estimate of drug-likeness (QED) is 0.104. The SMILES string of the molecule is Cc1cn(-c2cncc3[nH]c(-c4[nH]nc5c(Cc6cn(-c7cncc8[nH]c(-c9n[nH]c%10cnc(-c%11cncc(OC%12CCCCC%12)c%11)cc9%10)nc78)cn6)nc(-c6cnn(C)c6)cc45)nc23)cn1. The average molecular weight is 886 g/mol. The molecular weight excluding hydrogens is 847 g/mol. The van der Waals surface area contributed by atoms with Crippen LogP contribution in [-0.2, 0) is 13.5 Å². The monoisotopic (exact) mass is 885 g/mol. The van der Waals surface area contributed by atoms with E-state index >= 15 is 0 Å². The summed E-state index contributed by atoms with van der Waals surface area (Å²) in [4.78, 5) is 49.7. The van der Waals surface area contributed by atoms with Crippen molar-refractivity contribution in [3.63, 3.8) is 0 Å². The van der Waals surface area contributed by atoms with Crippen molar-refractivity contribution in [2.75, 3.05) is 0 Å². The van der Waals surface area contributed by atoms with Gasteiger partial charge in [-0.15, -0.1) is 0 Å². The summed E-state index contributed by atoms with van der Waals surface area (Å²) < 4.78 is 11.9. The lowest BCUT2D eigenvalue weighted by molar-refractivity contribution is 0.154. The molecule has 20 nitrogen and oxygen atoms in total. The van der Waals surface area contributed by atoms with E-state index in [0.717, 1.165) is 102 Å². The van der Waals surface area contributed by atoms with E-state index in [9.17, 15) is 0 Å². The molecule has 0 atom stereocenters. The molecule has 0 spiro atoms. The van der Waals surface area contributed by atoms with E-state index in [-0.39, 0.29) is 6.10 Å². The van der Waals surface area contributed by atoms with Crippen LogP contribution < -0.4 is 4.74 Å². The lowest BCUT2D eigenvalue weighted by Gasteiger charge is -2.22. The Labute approximate surface area is 379 Å². The third-order valence-electron chi connectivity index (χ3n) is 12.4. The fourth-order valence-corrected chi connectivity index (χ4v) is 9.10. The average Bonchev–Trinajstić information content (AvgIpc) is 4.22. The van der Waals surface area contributed by atoms with Gasteiger partial charge in [0.25, 0.3) is 0 Å². The molecule has 0 radical (unpaired) electrons. The van der Waals surface area contributed by atoms with Crippen molar-refractivity contribution in [2.24, 2.45) is 7.05 Å². The first-order chi connectivity index (χ1) is 32.9. The van der Waals surface area contributed by atoms with Gasteiger partial charge in [-0.2, -0.15) is 15.3 Å². The van der Waals surface area contributed by atoms with Crippen molar-refractivity contribution in [3.8, 4) is 62.7 Å². The highest BCUT2D eigenvalue weighted by atomic mass is 16.5. The Morgan fingerprint density at radius 2 is 1.40 bits per heavy atom. The first-order valence-electron chi connectivity index (χ1n) is 22.0. The minimum absolute atomic E-state index is 0.221. The topological polar surface area (TPSA) is 242 Å². The van der Waals surface area contributed by atoms with Crippen LogP contribution >= 0.6 is 0 Å². The number of aromatic amines is 4. The van der Waals surface area contributed by atoms with Crippen molar-refractivity contribution in [1.82, 2.24) is 94.1 Å². The molecule has 13 rings (SSSR count). The molecule has 328 valence electrons. The third-order valence-corrected chi connectivity index (χ3v) is 12.4. The lowest BCUT2D eigenvalue weighted by atomic mass is 9.98. The third kappa shape index (κ3) is 6.84. The number of aromatic nitrogens is 19. The molecule has 67 heavy (non-hydrogen) atoms. The molecule has 0 bridgehead atoms. The largest absolute Gasteiger partial charge is 0.489 e. The van der Waals surface area contributed by atoms with Gasteiger partial charge in [0, 0.05) is 60.2 Å². The number of rotatable bonds is 10. The van der Waals surface area contributed by atoms with Gasteiger partial charge in [-0.3, -0.25) is 34.8 Å². The Hall–Kier alpha value is -8.94. The number of hydrogen-bond acceptors (Lipinski definition) is 13. The number of nitrogens with zero attached hydrogens (tertiary/aromatic N) is 15. The van der Waals surface area contributed by atoms with Gasteiger partial charge in [0.05, 0.1) is 119 Å². The predicted molar refractivity (Wildman–Crippen MR) is 248 cm³/mol. The summed E-state index contributed by atoms with van der Waals surface area (Å²) in [6.07, 6.45) is 30.0. The fourth-order valence-electron chi connectivity index (χ4n) is 9.10. The molecule has 1 aliphatic rings. The summed E-state index contributed by atoms with van der Waals surface area (Å²) in [5.41, 5.74) is 13.0. The molecule has 0 aliphatic heterocycles. The number of fused-ring (bicyclic) bond motifs is 4. The van der Waals surface area contributed by atoms with Crippen molar-refractivity contribution in [1.29, 1.82) is 0 Å². The van der Waals surface area contributed by atoms with E-state index in [1.165, 1.54) is 19.3 Å². The van der Waals surface area contributed by atoms with Gasteiger partial charge < -0.3 is 23.8 Å². The maximum Gasteiger partial charge on any atom is 0.159 e. The molecule has 12 heterocycles. The predicted octanol–water partition coefficient (Wildman–Crippen LogP) is 7.55. The highest BCUT2D eigenvalue weighted by molar-refractivity contribution is 5.98. The molecule has 12 aromatic heterocycles. The van der Waals surface area contributed by atoms with Gasteiger partial charge in [-0.05, 0) is 50.8 Å². The fraction of sp³-hybridized carbons (Fsp3) is 0.191. The second kappa shape index (κ2) is 15.4. The second-order valence-corrected chi connectivity index (χ2v) is 17.0. The van der Waals surface area contributed by atoms with Crippen LogP contribution in [0.25, 0.3) is 101 Å². The van der Waals surface area contributed by atoms with Gasteiger partial charge in [0.1, 0.15) is 33.7 Å². The second-order valence-electron chi connectivity index (χ2n) is 17.0. The van der Waals surface area contributed by atoms with Gasteiger partial charge >= 0.3 is 0 Å². The number of ether oxygens (including phenoxy) is 1. The molecule has 1 fully saturated rings. The molecule has 1 saturated carbocycles. The minimum Gasteiger partial charge on any atom is -0.489 e. The molecule has 12 aromatic rings. The number of nitrogens with one attached hydrogen (secondary N) is 4. The Morgan fingerprint density at radius 1 is 0.642 bits per heavy atom. The summed E-state index contributed by atoms with van der Waals surface area (Å²) in [7, 11) is 1.88. The number of imidazole rings is 4. The number of hydrogen-bond donors (Lipinski definition) is 4. The molecule has 0 saturated heterocycles. The first-order valence-corrected chi connectivity index (χ1v) is 22.0. The van der Waals surface area contributed by atoms with Crippen LogP contribution in [0.15, 0.2) is 99.0 Å². The van der Waals surface area contributed by atoms with E-state index in [2.05, 4.69) is 50.3 Å². The molecule has 20 heteroatoms.